The van der Waals surface area contributed by atoms with Crippen LogP contribution in [0.15, 0.2) is 48.5 Å². The van der Waals surface area contributed by atoms with Crippen LogP contribution in [-0.2, 0) is 0 Å². The number of benzene rings is 2. The third-order valence-electron chi connectivity index (χ3n) is 2.63. The zero-order valence-corrected chi connectivity index (χ0v) is 12.0. The molecule has 2 aromatic rings. The molecule has 0 fully saturated rings. The number of carbonyl (C=O) groups is 1. The van der Waals surface area contributed by atoms with Crippen LogP contribution in [0.4, 0.5) is 0 Å². The molecule has 0 spiro atoms. The lowest BCUT2D eigenvalue weighted by atomic mass is 10.1. The topological polar surface area (TPSA) is 57.5 Å². The number of fused-ring (bicyclic) bond motifs is 3. The molecule has 0 aliphatic heterocycles. The van der Waals surface area contributed by atoms with E-state index in [0.717, 1.165) is 22.3 Å². The average molecular weight is 256 g/mol. The normalized spacial score (nSPS) is 11.3. The van der Waals surface area contributed by atoms with E-state index < -0.39 is 6.71 Å². The third-order valence-corrected chi connectivity index (χ3v) is 2.63. The summed E-state index contributed by atoms with van der Waals surface area (Å²) >= 11 is 0. The number of hydrogen-bond acceptors (Lipinski definition) is 3. The molecule has 0 amide bonds. The molecule has 0 aromatic heterocycles. The van der Waals surface area contributed by atoms with Gasteiger partial charge in [-0.15, -0.1) is 0 Å². The molecule has 90 valence electrons. The molecule has 0 unspecified atom stereocenters. The van der Waals surface area contributed by atoms with Gasteiger partial charge < -0.3 is 10.0 Å². The first-order valence-electron chi connectivity index (χ1n) is 5.70. The van der Waals surface area contributed by atoms with Crippen molar-refractivity contribution in [1.82, 2.24) is 0 Å². The van der Waals surface area contributed by atoms with Crippen molar-refractivity contribution < 1.29 is 14.8 Å². The zero-order valence-electron chi connectivity index (χ0n) is 10.00. The van der Waals surface area contributed by atoms with Crippen LogP contribution in [0.5, 0.6) is 0 Å². The van der Waals surface area contributed by atoms with E-state index in [0.29, 0.717) is 10.1 Å². The SMILES string of the molecule is O=C1c2ccccc2-c2ccccc21.OB(O)[SiH3]. The molecule has 18 heavy (non-hydrogen) atoms. The van der Waals surface area contributed by atoms with Crippen LogP contribution in [0.3, 0.4) is 0 Å². The molecular formula is C13H13BO3Si. The van der Waals surface area contributed by atoms with Crippen LogP contribution < -0.4 is 0 Å². The van der Waals surface area contributed by atoms with Crippen molar-refractivity contribution in [3.8, 4) is 11.1 Å². The van der Waals surface area contributed by atoms with Crippen LogP contribution >= 0.6 is 0 Å². The third kappa shape index (κ3) is 2.43. The quantitative estimate of drug-likeness (QED) is 0.566. The Hall–Kier alpha value is -1.69. The molecule has 0 saturated carbocycles. The molecular weight excluding hydrogens is 243 g/mol. The Morgan fingerprint density at radius 3 is 1.39 bits per heavy atom. The summed E-state index contributed by atoms with van der Waals surface area (Å²) in [5.41, 5.74) is 3.78. The van der Waals surface area contributed by atoms with Crippen LogP contribution in [0.1, 0.15) is 15.9 Å². The van der Waals surface area contributed by atoms with E-state index in [1.165, 1.54) is 0 Å². The van der Waals surface area contributed by atoms with Gasteiger partial charge in [-0.2, -0.15) is 0 Å². The van der Waals surface area contributed by atoms with Gasteiger partial charge in [0.15, 0.2) is 5.78 Å². The van der Waals surface area contributed by atoms with Crippen molar-refractivity contribution in [2.24, 2.45) is 0 Å². The predicted molar refractivity (Wildman–Crippen MR) is 75.4 cm³/mol. The number of hydrogen-bond donors (Lipinski definition) is 2. The van der Waals surface area contributed by atoms with Crippen molar-refractivity contribution in [1.29, 1.82) is 0 Å². The monoisotopic (exact) mass is 256 g/mol. The minimum Gasteiger partial charge on any atom is -0.431 e. The second-order valence-electron chi connectivity index (χ2n) is 4.05. The minimum absolute atomic E-state index is 0.149. The Morgan fingerprint density at radius 1 is 0.778 bits per heavy atom. The van der Waals surface area contributed by atoms with E-state index >= 15 is 0 Å². The smallest absolute Gasteiger partial charge is 0.414 e. The molecule has 2 N–H and O–H groups in total. The standard InChI is InChI=1S/C13H8O.BH5O2Si/c14-13-11-7-3-1-5-9(11)10-6-2-4-8-12(10)13;2-1(3)4/h1-8H;2-3H,4H3. The summed E-state index contributed by atoms with van der Waals surface area (Å²) < 4.78 is 0. The van der Waals surface area contributed by atoms with E-state index in [-0.39, 0.29) is 5.78 Å². The lowest BCUT2D eigenvalue weighted by Crippen LogP contribution is -2.08. The molecule has 5 heteroatoms. The lowest BCUT2D eigenvalue weighted by molar-refractivity contribution is 0.104. The highest BCUT2D eigenvalue weighted by molar-refractivity contribution is 6.93. The van der Waals surface area contributed by atoms with E-state index in [2.05, 4.69) is 0 Å². The van der Waals surface area contributed by atoms with Gasteiger partial charge in [0.05, 0.1) is 10.1 Å². The van der Waals surface area contributed by atoms with Gasteiger partial charge in [0.1, 0.15) is 0 Å². The van der Waals surface area contributed by atoms with Gasteiger partial charge in [-0.05, 0) is 11.1 Å². The first kappa shape index (κ1) is 12.8. The molecule has 0 radical (unpaired) electrons. The molecule has 3 rings (SSSR count). The van der Waals surface area contributed by atoms with Gasteiger partial charge in [-0.3, -0.25) is 4.79 Å². The van der Waals surface area contributed by atoms with Crippen LogP contribution in [0.25, 0.3) is 11.1 Å². The van der Waals surface area contributed by atoms with E-state index in [1.54, 1.807) is 0 Å². The van der Waals surface area contributed by atoms with Gasteiger partial charge in [-0.25, -0.2) is 0 Å². The van der Waals surface area contributed by atoms with Gasteiger partial charge in [-0.1, -0.05) is 48.5 Å². The fourth-order valence-electron chi connectivity index (χ4n) is 1.98. The lowest BCUT2D eigenvalue weighted by Gasteiger charge is -1.96. The first-order chi connectivity index (χ1) is 8.61. The van der Waals surface area contributed by atoms with Crippen LogP contribution in [0.2, 0.25) is 0 Å². The molecule has 1 aliphatic carbocycles. The zero-order chi connectivity index (χ0) is 13.1. The van der Waals surface area contributed by atoms with E-state index in [1.807, 2.05) is 48.5 Å². The summed E-state index contributed by atoms with van der Waals surface area (Å²) in [6.45, 7) is -1.03. The fraction of sp³-hybridized carbons (Fsp3) is 0. The number of rotatable bonds is 0. The van der Waals surface area contributed by atoms with Crippen LogP contribution in [0, 0.1) is 0 Å². The Balaban J connectivity index is 0.000000267. The summed E-state index contributed by atoms with van der Waals surface area (Å²) in [7, 11) is 0.460. The summed E-state index contributed by atoms with van der Waals surface area (Å²) in [6, 6.07) is 15.5. The highest BCUT2D eigenvalue weighted by Gasteiger charge is 2.24. The Kier molecular flexibility index (Phi) is 3.76. The summed E-state index contributed by atoms with van der Waals surface area (Å²) in [4.78, 5) is 11.9. The number of ketones is 1. The second-order valence-corrected chi connectivity index (χ2v) is 5.08. The minimum atomic E-state index is -1.03. The Bertz CT molecular complexity index is 534. The van der Waals surface area contributed by atoms with Crippen molar-refractivity contribution in [3.05, 3.63) is 59.7 Å². The largest absolute Gasteiger partial charge is 0.431 e. The summed E-state index contributed by atoms with van der Waals surface area (Å²) in [6.07, 6.45) is 0. The van der Waals surface area contributed by atoms with Gasteiger partial charge in [0.2, 0.25) is 0 Å². The number of carbonyl (C=O) groups excluding carboxylic acids is 1. The maximum absolute atomic E-state index is 11.9. The fourth-order valence-corrected chi connectivity index (χ4v) is 1.98. The Morgan fingerprint density at radius 2 is 1.06 bits per heavy atom. The van der Waals surface area contributed by atoms with Crippen molar-refractivity contribution in [3.63, 3.8) is 0 Å². The average Bonchev–Trinajstić information content (AvgIpc) is 2.64. The van der Waals surface area contributed by atoms with Gasteiger partial charge in [0, 0.05) is 11.1 Å². The summed E-state index contributed by atoms with van der Waals surface area (Å²) in [5.74, 6) is 0.149. The van der Waals surface area contributed by atoms with Crippen LogP contribution in [-0.4, -0.2) is 32.7 Å². The molecule has 0 atom stereocenters. The molecule has 0 saturated heterocycles. The van der Waals surface area contributed by atoms with Gasteiger partial charge in [0.25, 0.3) is 0 Å². The molecule has 0 heterocycles. The Labute approximate surface area is 109 Å². The van der Waals surface area contributed by atoms with Crippen molar-refractivity contribution in [2.45, 2.75) is 0 Å². The molecule has 0 bridgehead atoms. The second kappa shape index (κ2) is 5.31. The molecule has 1 aliphatic rings. The van der Waals surface area contributed by atoms with Crippen molar-refractivity contribution >= 4 is 22.6 Å². The van der Waals surface area contributed by atoms with E-state index in [9.17, 15) is 4.79 Å². The van der Waals surface area contributed by atoms with Gasteiger partial charge >= 0.3 is 6.71 Å². The maximum Gasteiger partial charge on any atom is 0.414 e. The highest BCUT2D eigenvalue weighted by atomic mass is 28.1. The first-order valence-corrected chi connectivity index (χ1v) is 6.86. The summed E-state index contributed by atoms with van der Waals surface area (Å²) in [5, 5.41) is 15.3. The van der Waals surface area contributed by atoms with Crippen molar-refractivity contribution in [2.75, 3.05) is 0 Å². The van der Waals surface area contributed by atoms with E-state index in [4.69, 9.17) is 10.0 Å². The highest BCUT2D eigenvalue weighted by Crippen LogP contribution is 2.35. The predicted octanol–water partition coefficient (Wildman–Crippen LogP) is 0.219. The molecule has 2 aromatic carbocycles. The maximum atomic E-state index is 11.9. The molecule has 3 nitrogen and oxygen atoms in total.